The molecule has 2 unspecified atom stereocenters. The Bertz CT molecular complexity index is 356. The van der Waals surface area contributed by atoms with Crippen LogP contribution in [0.1, 0.15) is 45.4 Å². The van der Waals surface area contributed by atoms with Gasteiger partial charge in [0.25, 0.3) is 0 Å². The maximum absolute atomic E-state index is 12.7. The van der Waals surface area contributed by atoms with Crippen LogP contribution in [0.25, 0.3) is 0 Å². The molecule has 2 aliphatic rings. The Hall–Kier alpha value is -0.360. The van der Waals surface area contributed by atoms with Crippen LogP contribution >= 0.6 is 12.4 Å². The smallest absolute Gasteiger partial charge is 0.228 e. The number of aliphatic hydroxyl groups is 1. The molecular weight excluding hydrogens is 304 g/mol. The summed E-state index contributed by atoms with van der Waals surface area (Å²) in [6.45, 7) is 4.83. The number of nitrogens with one attached hydrogen (secondary N) is 2. The quantitative estimate of drug-likeness (QED) is 0.712. The van der Waals surface area contributed by atoms with E-state index in [2.05, 4.69) is 17.6 Å². The van der Waals surface area contributed by atoms with Gasteiger partial charge in [-0.1, -0.05) is 19.8 Å². The summed E-state index contributed by atoms with van der Waals surface area (Å²) in [4.78, 5) is 12.7. The van der Waals surface area contributed by atoms with E-state index < -0.39 is 5.41 Å². The molecular formula is C16H31ClN2O3. The third kappa shape index (κ3) is 4.34. The summed E-state index contributed by atoms with van der Waals surface area (Å²) in [5.74, 6) is 0.0878. The first kappa shape index (κ1) is 19.7. The van der Waals surface area contributed by atoms with Gasteiger partial charge in [0, 0.05) is 19.1 Å². The molecule has 3 N–H and O–H groups in total. The molecule has 0 aromatic heterocycles. The van der Waals surface area contributed by atoms with Gasteiger partial charge in [-0.05, 0) is 38.8 Å². The lowest BCUT2D eigenvalue weighted by atomic mass is 9.72. The summed E-state index contributed by atoms with van der Waals surface area (Å²) < 4.78 is 5.31. The molecule has 1 saturated carbocycles. The third-order valence-corrected chi connectivity index (χ3v) is 5.40. The van der Waals surface area contributed by atoms with Crippen LogP contribution in [0.3, 0.4) is 0 Å². The molecule has 0 spiro atoms. The van der Waals surface area contributed by atoms with E-state index in [1.165, 1.54) is 0 Å². The molecule has 2 fully saturated rings. The second-order valence-corrected chi connectivity index (χ2v) is 7.06. The number of hydrogen-bond acceptors (Lipinski definition) is 4. The minimum Gasteiger partial charge on any atom is -0.392 e. The van der Waals surface area contributed by atoms with E-state index in [1.54, 1.807) is 7.11 Å². The van der Waals surface area contributed by atoms with Crippen LogP contribution in [-0.4, -0.2) is 50.5 Å². The van der Waals surface area contributed by atoms with Crippen molar-refractivity contribution >= 4 is 18.3 Å². The summed E-state index contributed by atoms with van der Waals surface area (Å²) in [5.41, 5.74) is -0.592. The van der Waals surface area contributed by atoms with Gasteiger partial charge in [0.15, 0.2) is 0 Å². The van der Waals surface area contributed by atoms with Crippen LogP contribution in [0.2, 0.25) is 0 Å². The zero-order chi connectivity index (χ0) is 15.3. The molecule has 5 nitrogen and oxygen atoms in total. The Morgan fingerprint density at radius 3 is 2.59 bits per heavy atom. The predicted octanol–water partition coefficient (Wildman–Crippen LogP) is 1.48. The zero-order valence-corrected chi connectivity index (χ0v) is 14.6. The van der Waals surface area contributed by atoms with Crippen molar-refractivity contribution in [3.8, 4) is 0 Å². The molecule has 6 heteroatoms. The fraction of sp³-hybridized carbons (Fsp3) is 0.938. The van der Waals surface area contributed by atoms with E-state index in [-0.39, 0.29) is 29.8 Å². The van der Waals surface area contributed by atoms with E-state index in [0.29, 0.717) is 13.2 Å². The van der Waals surface area contributed by atoms with Crippen molar-refractivity contribution < 1.29 is 14.6 Å². The zero-order valence-electron chi connectivity index (χ0n) is 13.8. The van der Waals surface area contributed by atoms with Gasteiger partial charge in [0.2, 0.25) is 5.91 Å². The number of piperidine rings is 1. The fourth-order valence-corrected chi connectivity index (χ4v) is 3.68. The van der Waals surface area contributed by atoms with Crippen molar-refractivity contribution in [2.45, 2.75) is 51.6 Å². The van der Waals surface area contributed by atoms with E-state index in [4.69, 9.17) is 4.74 Å². The number of rotatable bonds is 5. The molecule has 2 rings (SSSR count). The van der Waals surface area contributed by atoms with E-state index >= 15 is 0 Å². The largest absolute Gasteiger partial charge is 0.392 e. The standard InChI is InChI=1S/C16H30N2O3.ClH/c1-15(6-4-3-5-13(15)19)11-18-14(20)16(12-21-2)7-9-17-10-8-16;/h13,17,19H,3-12H2,1-2H3,(H,18,20);1H. The highest BCUT2D eigenvalue weighted by Crippen LogP contribution is 2.36. The molecule has 1 heterocycles. The Morgan fingerprint density at radius 2 is 2.00 bits per heavy atom. The lowest BCUT2D eigenvalue weighted by Gasteiger charge is -2.41. The lowest BCUT2D eigenvalue weighted by Crippen LogP contribution is -2.53. The molecule has 1 saturated heterocycles. The van der Waals surface area contributed by atoms with E-state index in [0.717, 1.165) is 51.6 Å². The second-order valence-electron chi connectivity index (χ2n) is 7.06. The molecule has 1 aliphatic heterocycles. The molecule has 130 valence electrons. The summed E-state index contributed by atoms with van der Waals surface area (Å²) >= 11 is 0. The maximum Gasteiger partial charge on any atom is 0.228 e. The van der Waals surface area contributed by atoms with E-state index in [9.17, 15) is 9.90 Å². The van der Waals surface area contributed by atoms with E-state index in [1.807, 2.05) is 0 Å². The van der Waals surface area contributed by atoms with Gasteiger partial charge >= 0.3 is 0 Å². The number of ether oxygens (including phenoxy) is 1. The van der Waals surface area contributed by atoms with Crippen molar-refractivity contribution in [2.24, 2.45) is 10.8 Å². The molecule has 1 aliphatic carbocycles. The van der Waals surface area contributed by atoms with Crippen LogP contribution in [0.15, 0.2) is 0 Å². The first-order chi connectivity index (χ1) is 10.0. The molecule has 1 amide bonds. The topological polar surface area (TPSA) is 70.6 Å². The maximum atomic E-state index is 12.7. The number of hydrogen-bond donors (Lipinski definition) is 3. The van der Waals surface area contributed by atoms with Gasteiger partial charge in [-0.15, -0.1) is 12.4 Å². The minimum atomic E-state index is -0.407. The van der Waals surface area contributed by atoms with Crippen LogP contribution in [0.4, 0.5) is 0 Å². The number of carbonyl (C=O) groups is 1. The highest BCUT2D eigenvalue weighted by molar-refractivity contribution is 5.85. The Kier molecular flexibility index (Phi) is 7.59. The average molecular weight is 335 g/mol. The Labute approximate surface area is 140 Å². The first-order valence-corrected chi connectivity index (χ1v) is 8.18. The summed E-state index contributed by atoms with van der Waals surface area (Å²) in [6, 6.07) is 0. The minimum absolute atomic E-state index is 0. The van der Waals surface area contributed by atoms with Crippen molar-refractivity contribution in [2.75, 3.05) is 33.4 Å². The van der Waals surface area contributed by atoms with Gasteiger partial charge in [-0.25, -0.2) is 0 Å². The van der Waals surface area contributed by atoms with Crippen LogP contribution < -0.4 is 10.6 Å². The van der Waals surface area contributed by atoms with Crippen molar-refractivity contribution in [1.82, 2.24) is 10.6 Å². The number of methoxy groups -OCH3 is 1. The molecule has 2 atom stereocenters. The lowest BCUT2D eigenvalue weighted by molar-refractivity contribution is -0.137. The third-order valence-electron chi connectivity index (χ3n) is 5.40. The molecule has 0 radical (unpaired) electrons. The second kappa shape index (κ2) is 8.48. The van der Waals surface area contributed by atoms with Crippen molar-refractivity contribution in [1.29, 1.82) is 0 Å². The highest BCUT2D eigenvalue weighted by atomic mass is 35.5. The Balaban J connectivity index is 0.00000242. The summed E-state index contributed by atoms with van der Waals surface area (Å²) in [7, 11) is 1.66. The molecule has 0 bridgehead atoms. The number of halogens is 1. The fourth-order valence-electron chi connectivity index (χ4n) is 3.68. The SMILES string of the molecule is COCC1(C(=O)NCC2(C)CCCCC2O)CCNCC1.Cl. The summed E-state index contributed by atoms with van der Waals surface area (Å²) in [5, 5.41) is 16.6. The molecule has 22 heavy (non-hydrogen) atoms. The van der Waals surface area contributed by atoms with Crippen molar-refractivity contribution in [3.05, 3.63) is 0 Å². The van der Waals surface area contributed by atoms with Crippen molar-refractivity contribution in [3.63, 3.8) is 0 Å². The molecule has 0 aromatic rings. The monoisotopic (exact) mass is 334 g/mol. The molecule has 0 aromatic carbocycles. The predicted molar refractivity (Wildman–Crippen MR) is 89.3 cm³/mol. The van der Waals surface area contributed by atoms with Gasteiger partial charge in [0.1, 0.15) is 0 Å². The van der Waals surface area contributed by atoms with Crippen LogP contribution in [0, 0.1) is 10.8 Å². The first-order valence-electron chi connectivity index (χ1n) is 8.18. The average Bonchev–Trinajstić information content (AvgIpc) is 2.49. The Morgan fingerprint density at radius 1 is 1.32 bits per heavy atom. The normalized spacial score (nSPS) is 31.1. The van der Waals surface area contributed by atoms with Gasteiger partial charge in [-0.2, -0.15) is 0 Å². The van der Waals surface area contributed by atoms with Crippen LogP contribution in [0.5, 0.6) is 0 Å². The number of aliphatic hydroxyl groups excluding tert-OH is 1. The number of carbonyl (C=O) groups excluding carboxylic acids is 1. The van der Waals surface area contributed by atoms with Gasteiger partial charge in [-0.3, -0.25) is 4.79 Å². The van der Waals surface area contributed by atoms with Gasteiger partial charge in [0.05, 0.1) is 18.1 Å². The highest BCUT2D eigenvalue weighted by Gasteiger charge is 2.41. The summed E-state index contributed by atoms with van der Waals surface area (Å²) in [6.07, 6.45) is 5.36. The van der Waals surface area contributed by atoms with Crippen LogP contribution in [-0.2, 0) is 9.53 Å². The van der Waals surface area contributed by atoms with Gasteiger partial charge < -0.3 is 20.5 Å². The number of amides is 1.